The molecule has 0 aromatic carbocycles. The molecule has 6 heteroatoms. The lowest BCUT2D eigenvalue weighted by molar-refractivity contribution is 0.0790. The Labute approximate surface area is 161 Å². The van der Waals surface area contributed by atoms with Gasteiger partial charge >= 0.3 is 6.09 Å². The summed E-state index contributed by atoms with van der Waals surface area (Å²) in [4.78, 5) is 11.8. The first-order chi connectivity index (χ1) is 12.6. The van der Waals surface area contributed by atoms with Crippen molar-refractivity contribution in [3.05, 3.63) is 0 Å². The van der Waals surface area contributed by atoms with Crippen LogP contribution in [0.15, 0.2) is 0 Å². The summed E-state index contributed by atoms with van der Waals surface area (Å²) in [6.45, 7) is 15.0. The largest absolute Gasteiger partial charge is 0.449 e. The number of amides is 1. The van der Waals surface area contributed by atoms with E-state index in [2.05, 4.69) is 42.0 Å². The molecule has 26 heavy (non-hydrogen) atoms. The van der Waals surface area contributed by atoms with E-state index in [0.717, 1.165) is 39.3 Å². The standard InChI is InChI=1S/C20H44N4O2/c1-5-9-12-21-15-20(16-22-13-10-6-2,17-23-14-11-7-3)18-26-19(25)24-8-4/h21-23H,5-18H2,1-4H3,(H,24,25). The molecule has 0 aromatic rings. The van der Waals surface area contributed by atoms with Gasteiger partial charge in [0.2, 0.25) is 0 Å². The average Bonchev–Trinajstić information content (AvgIpc) is 2.64. The van der Waals surface area contributed by atoms with Crippen LogP contribution in [0, 0.1) is 5.41 Å². The van der Waals surface area contributed by atoms with Crippen molar-refractivity contribution in [1.29, 1.82) is 0 Å². The molecule has 156 valence electrons. The van der Waals surface area contributed by atoms with Crippen LogP contribution in [0.4, 0.5) is 4.79 Å². The summed E-state index contributed by atoms with van der Waals surface area (Å²) in [5, 5.41) is 13.4. The van der Waals surface area contributed by atoms with Crippen molar-refractivity contribution in [2.75, 3.05) is 52.4 Å². The summed E-state index contributed by atoms with van der Waals surface area (Å²) >= 11 is 0. The summed E-state index contributed by atoms with van der Waals surface area (Å²) in [5.74, 6) is 0. The van der Waals surface area contributed by atoms with Crippen LogP contribution in [0.25, 0.3) is 0 Å². The van der Waals surface area contributed by atoms with E-state index in [1.807, 2.05) is 6.92 Å². The summed E-state index contributed by atoms with van der Waals surface area (Å²) in [5.41, 5.74) is -0.139. The lowest BCUT2D eigenvalue weighted by Gasteiger charge is -2.34. The van der Waals surface area contributed by atoms with Crippen molar-refractivity contribution < 1.29 is 9.53 Å². The number of nitrogens with one attached hydrogen (secondary N) is 4. The van der Waals surface area contributed by atoms with E-state index in [9.17, 15) is 4.79 Å². The minimum absolute atomic E-state index is 0.139. The van der Waals surface area contributed by atoms with E-state index >= 15 is 0 Å². The van der Waals surface area contributed by atoms with E-state index in [-0.39, 0.29) is 11.5 Å². The zero-order valence-corrected chi connectivity index (χ0v) is 17.7. The number of unbranched alkanes of at least 4 members (excludes halogenated alkanes) is 3. The maximum Gasteiger partial charge on any atom is 0.407 e. The molecule has 0 atom stereocenters. The van der Waals surface area contributed by atoms with Crippen LogP contribution in [0.5, 0.6) is 0 Å². The van der Waals surface area contributed by atoms with Crippen LogP contribution in [-0.2, 0) is 4.74 Å². The molecule has 0 saturated carbocycles. The summed E-state index contributed by atoms with van der Waals surface area (Å²) < 4.78 is 5.55. The second-order valence-electron chi connectivity index (χ2n) is 7.20. The van der Waals surface area contributed by atoms with Crippen LogP contribution in [0.2, 0.25) is 0 Å². The third-order valence-corrected chi connectivity index (χ3v) is 4.45. The van der Waals surface area contributed by atoms with Crippen LogP contribution in [-0.4, -0.2) is 58.5 Å². The van der Waals surface area contributed by atoms with E-state index in [4.69, 9.17) is 4.74 Å². The predicted molar refractivity (Wildman–Crippen MR) is 111 cm³/mol. The molecule has 0 bridgehead atoms. The molecule has 6 nitrogen and oxygen atoms in total. The van der Waals surface area contributed by atoms with Crippen molar-refractivity contribution in [3.8, 4) is 0 Å². The maximum absolute atomic E-state index is 11.8. The van der Waals surface area contributed by atoms with Gasteiger partial charge in [0.1, 0.15) is 6.61 Å². The Morgan fingerprint density at radius 1 is 0.769 bits per heavy atom. The molecule has 0 aliphatic heterocycles. The lowest BCUT2D eigenvalue weighted by atomic mass is 9.88. The van der Waals surface area contributed by atoms with Gasteiger partial charge < -0.3 is 26.0 Å². The monoisotopic (exact) mass is 372 g/mol. The Balaban J connectivity index is 4.81. The fraction of sp³-hybridized carbons (Fsp3) is 0.950. The van der Waals surface area contributed by atoms with E-state index in [0.29, 0.717) is 13.2 Å². The van der Waals surface area contributed by atoms with Crippen LogP contribution >= 0.6 is 0 Å². The maximum atomic E-state index is 11.8. The zero-order valence-electron chi connectivity index (χ0n) is 17.7. The molecule has 1 amide bonds. The molecule has 0 fully saturated rings. The SMILES string of the molecule is CCCCNCC(CNCCCC)(CNCCCC)COC(=O)NCC. The minimum atomic E-state index is -0.326. The number of hydrogen-bond donors (Lipinski definition) is 4. The Hall–Kier alpha value is -0.850. The third kappa shape index (κ3) is 13.4. The van der Waals surface area contributed by atoms with Gasteiger partial charge in [0.15, 0.2) is 0 Å². The fourth-order valence-corrected chi connectivity index (χ4v) is 2.72. The fourth-order valence-electron chi connectivity index (χ4n) is 2.72. The zero-order chi connectivity index (χ0) is 19.5. The first-order valence-electron chi connectivity index (χ1n) is 10.7. The van der Waals surface area contributed by atoms with Crippen molar-refractivity contribution in [3.63, 3.8) is 0 Å². The van der Waals surface area contributed by atoms with Gasteiger partial charge in [-0.15, -0.1) is 0 Å². The highest BCUT2D eigenvalue weighted by Crippen LogP contribution is 2.16. The van der Waals surface area contributed by atoms with E-state index < -0.39 is 0 Å². The number of alkyl carbamates (subject to hydrolysis) is 1. The van der Waals surface area contributed by atoms with Gasteiger partial charge in [0.25, 0.3) is 0 Å². The van der Waals surface area contributed by atoms with Crippen LogP contribution < -0.4 is 21.3 Å². The smallest absolute Gasteiger partial charge is 0.407 e. The summed E-state index contributed by atoms with van der Waals surface area (Å²) in [6, 6.07) is 0. The molecule has 0 unspecified atom stereocenters. The van der Waals surface area contributed by atoms with Crippen LogP contribution in [0.3, 0.4) is 0 Å². The van der Waals surface area contributed by atoms with Gasteiger partial charge in [-0.25, -0.2) is 4.79 Å². The van der Waals surface area contributed by atoms with Gasteiger partial charge in [-0.2, -0.15) is 0 Å². The first kappa shape index (κ1) is 25.1. The normalized spacial score (nSPS) is 11.5. The van der Waals surface area contributed by atoms with Gasteiger partial charge in [-0.05, 0) is 45.8 Å². The summed E-state index contributed by atoms with van der Waals surface area (Å²) in [6.07, 6.45) is 6.71. The molecule has 0 radical (unpaired) electrons. The van der Waals surface area contributed by atoms with Gasteiger partial charge in [0, 0.05) is 31.6 Å². The Kier molecular flexibility index (Phi) is 17.0. The second-order valence-corrected chi connectivity index (χ2v) is 7.20. The summed E-state index contributed by atoms with van der Waals surface area (Å²) in [7, 11) is 0. The molecule has 0 spiro atoms. The molecular weight excluding hydrogens is 328 g/mol. The topological polar surface area (TPSA) is 74.4 Å². The number of rotatable bonds is 18. The third-order valence-electron chi connectivity index (χ3n) is 4.45. The van der Waals surface area contributed by atoms with Gasteiger partial charge in [0.05, 0.1) is 0 Å². The van der Waals surface area contributed by atoms with Gasteiger partial charge in [-0.3, -0.25) is 0 Å². The van der Waals surface area contributed by atoms with Crippen molar-refractivity contribution in [2.24, 2.45) is 5.41 Å². The quantitative estimate of drug-likeness (QED) is 0.278. The average molecular weight is 373 g/mol. The Morgan fingerprint density at radius 3 is 1.54 bits per heavy atom. The first-order valence-corrected chi connectivity index (χ1v) is 10.7. The van der Waals surface area contributed by atoms with Crippen molar-refractivity contribution in [1.82, 2.24) is 21.3 Å². The minimum Gasteiger partial charge on any atom is -0.449 e. The molecule has 4 N–H and O–H groups in total. The molecule has 0 heterocycles. The molecule has 0 aliphatic carbocycles. The lowest BCUT2D eigenvalue weighted by Crippen LogP contribution is -2.52. The van der Waals surface area contributed by atoms with Crippen LogP contribution in [0.1, 0.15) is 66.2 Å². The predicted octanol–water partition coefficient (Wildman–Crippen LogP) is 2.89. The highest BCUT2D eigenvalue weighted by molar-refractivity contribution is 5.67. The van der Waals surface area contributed by atoms with Gasteiger partial charge in [-0.1, -0.05) is 40.0 Å². The van der Waals surface area contributed by atoms with Crippen molar-refractivity contribution in [2.45, 2.75) is 66.2 Å². The number of ether oxygens (including phenoxy) is 1. The Morgan fingerprint density at radius 2 is 1.19 bits per heavy atom. The highest BCUT2D eigenvalue weighted by atomic mass is 16.5. The molecule has 0 saturated heterocycles. The number of carbonyl (C=O) groups excluding carboxylic acids is 1. The van der Waals surface area contributed by atoms with Crippen molar-refractivity contribution >= 4 is 6.09 Å². The number of hydrogen-bond acceptors (Lipinski definition) is 5. The van der Waals surface area contributed by atoms with E-state index in [1.54, 1.807) is 0 Å². The molecule has 0 aliphatic rings. The Bertz CT molecular complexity index is 296. The molecule has 0 aromatic heterocycles. The number of carbonyl (C=O) groups is 1. The molecule has 0 rings (SSSR count). The highest BCUT2D eigenvalue weighted by Gasteiger charge is 2.31. The van der Waals surface area contributed by atoms with E-state index in [1.165, 1.54) is 38.5 Å². The molecular formula is C20H44N4O2. The second kappa shape index (κ2) is 17.6.